The van der Waals surface area contributed by atoms with E-state index in [1.165, 1.54) is 0 Å². The molecule has 0 aliphatic heterocycles. The van der Waals surface area contributed by atoms with Gasteiger partial charge in [0.2, 0.25) is 0 Å². The van der Waals surface area contributed by atoms with Crippen LogP contribution in [0.4, 0.5) is 10.5 Å². The standard InChI is InChI=1S/C15H15IN2O2/c1-20-14-9-5-2-6-11(14)10-17-15(19)18-13-8-4-3-7-12(13)16/h2-9H,10H2,1H3,(H2,17,18,19). The van der Waals surface area contributed by atoms with Crippen LogP contribution >= 0.6 is 22.6 Å². The summed E-state index contributed by atoms with van der Waals surface area (Å²) < 4.78 is 6.24. The van der Waals surface area contributed by atoms with Crippen LogP contribution in [0.25, 0.3) is 0 Å². The van der Waals surface area contributed by atoms with Crippen molar-refractivity contribution in [3.8, 4) is 5.75 Å². The normalized spacial score (nSPS) is 9.90. The zero-order valence-electron chi connectivity index (χ0n) is 11.0. The van der Waals surface area contributed by atoms with Gasteiger partial charge < -0.3 is 15.4 Å². The highest BCUT2D eigenvalue weighted by atomic mass is 127. The molecule has 0 saturated heterocycles. The number of carbonyl (C=O) groups excluding carboxylic acids is 1. The second kappa shape index (κ2) is 7.14. The lowest BCUT2D eigenvalue weighted by Crippen LogP contribution is -2.28. The van der Waals surface area contributed by atoms with Crippen LogP contribution in [0, 0.1) is 3.57 Å². The lowest BCUT2D eigenvalue weighted by atomic mass is 10.2. The van der Waals surface area contributed by atoms with E-state index in [1.807, 2.05) is 48.5 Å². The summed E-state index contributed by atoms with van der Waals surface area (Å²) in [7, 11) is 1.62. The zero-order valence-corrected chi connectivity index (χ0v) is 13.2. The SMILES string of the molecule is COc1ccccc1CNC(=O)Nc1ccccc1I. The molecule has 4 nitrogen and oxygen atoms in total. The number of urea groups is 1. The van der Waals surface area contributed by atoms with Gasteiger partial charge in [0, 0.05) is 15.7 Å². The van der Waals surface area contributed by atoms with Gasteiger partial charge in [-0.25, -0.2) is 4.79 Å². The van der Waals surface area contributed by atoms with Gasteiger partial charge in [-0.1, -0.05) is 30.3 Å². The summed E-state index contributed by atoms with van der Waals surface area (Å²) in [6, 6.07) is 15.0. The van der Waals surface area contributed by atoms with Gasteiger partial charge in [-0.2, -0.15) is 0 Å². The number of halogens is 1. The van der Waals surface area contributed by atoms with Gasteiger partial charge in [0.15, 0.2) is 0 Å². The van der Waals surface area contributed by atoms with Crippen LogP contribution in [0.2, 0.25) is 0 Å². The molecule has 20 heavy (non-hydrogen) atoms. The predicted molar refractivity (Wildman–Crippen MR) is 88.0 cm³/mol. The number of anilines is 1. The van der Waals surface area contributed by atoms with Gasteiger partial charge in [-0.3, -0.25) is 0 Å². The molecule has 2 amide bonds. The molecule has 0 spiro atoms. The summed E-state index contributed by atoms with van der Waals surface area (Å²) in [5.74, 6) is 0.766. The van der Waals surface area contributed by atoms with E-state index in [2.05, 4.69) is 33.2 Å². The van der Waals surface area contributed by atoms with E-state index >= 15 is 0 Å². The number of para-hydroxylation sites is 2. The topological polar surface area (TPSA) is 50.4 Å². The highest BCUT2D eigenvalue weighted by Crippen LogP contribution is 2.18. The molecule has 0 aliphatic rings. The van der Waals surface area contributed by atoms with Crippen molar-refractivity contribution in [1.82, 2.24) is 5.32 Å². The van der Waals surface area contributed by atoms with Crippen molar-refractivity contribution in [2.75, 3.05) is 12.4 Å². The molecular weight excluding hydrogens is 367 g/mol. The first-order valence-corrected chi connectivity index (χ1v) is 7.20. The summed E-state index contributed by atoms with van der Waals surface area (Å²) >= 11 is 2.18. The Morgan fingerprint density at radius 2 is 1.85 bits per heavy atom. The molecule has 0 fully saturated rings. The largest absolute Gasteiger partial charge is 0.496 e. The number of carbonyl (C=O) groups is 1. The monoisotopic (exact) mass is 382 g/mol. The molecule has 104 valence electrons. The maximum atomic E-state index is 11.9. The number of benzene rings is 2. The Bertz CT molecular complexity index is 602. The molecule has 0 heterocycles. The maximum Gasteiger partial charge on any atom is 0.319 e. The Morgan fingerprint density at radius 3 is 2.60 bits per heavy atom. The van der Waals surface area contributed by atoms with E-state index < -0.39 is 0 Å². The third-order valence-electron chi connectivity index (χ3n) is 2.75. The Kier molecular flexibility index (Phi) is 5.23. The first-order chi connectivity index (χ1) is 9.70. The second-order valence-electron chi connectivity index (χ2n) is 4.10. The average Bonchev–Trinajstić information content (AvgIpc) is 2.48. The van der Waals surface area contributed by atoms with Crippen LogP contribution in [-0.2, 0) is 6.54 Å². The van der Waals surface area contributed by atoms with E-state index in [-0.39, 0.29) is 6.03 Å². The molecule has 2 aromatic carbocycles. The summed E-state index contributed by atoms with van der Waals surface area (Å²) in [4.78, 5) is 11.9. The van der Waals surface area contributed by atoms with E-state index in [9.17, 15) is 4.79 Å². The van der Waals surface area contributed by atoms with Gasteiger partial charge in [0.1, 0.15) is 5.75 Å². The molecule has 0 radical (unpaired) electrons. The first kappa shape index (κ1) is 14.6. The van der Waals surface area contributed by atoms with E-state index in [4.69, 9.17) is 4.74 Å². The number of methoxy groups -OCH3 is 1. The number of ether oxygens (including phenoxy) is 1. The van der Waals surface area contributed by atoms with Gasteiger partial charge in [-0.15, -0.1) is 0 Å². The molecule has 2 rings (SSSR count). The van der Waals surface area contributed by atoms with E-state index in [1.54, 1.807) is 7.11 Å². The molecule has 5 heteroatoms. The summed E-state index contributed by atoms with van der Waals surface area (Å²) in [6.07, 6.45) is 0. The van der Waals surface area contributed by atoms with Crippen molar-refractivity contribution in [1.29, 1.82) is 0 Å². The molecule has 0 bridgehead atoms. The number of rotatable bonds is 4. The summed E-state index contributed by atoms with van der Waals surface area (Å²) in [5.41, 5.74) is 1.73. The predicted octanol–water partition coefficient (Wildman–Crippen LogP) is 3.62. The maximum absolute atomic E-state index is 11.9. The van der Waals surface area contributed by atoms with Crippen molar-refractivity contribution in [3.63, 3.8) is 0 Å². The lowest BCUT2D eigenvalue weighted by molar-refractivity contribution is 0.251. The van der Waals surface area contributed by atoms with Crippen molar-refractivity contribution >= 4 is 34.3 Å². The molecular formula is C15H15IN2O2. The van der Waals surface area contributed by atoms with Crippen molar-refractivity contribution in [2.24, 2.45) is 0 Å². The van der Waals surface area contributed by atoms with Crippen LogP contribution in [0.15, 0.2) is 48.5 Å². The minimum atomic E-state index is -0.236. The summed E-state index contributed by atoms with van der Waals surface area (Å²) in [6.45, 7) is 0.416. The Balaban J connectivity index is 1.94. The fraction of sp³-hybridized carbons (Fsp3) is 0.133. The van der Waals surface area contributed by atoms with Gasteiger partial charge in [-0.05, 0) is 40.8 Å². The minimum Gasteiger partial charge on any atom is -0.496 e. The van der Waals surface area contributed by atoms with Crippen LogP contribution in [0.5, 0.6) is 5.75 Å². The third-order valence-corrected chi connectivity index (χ3v) is 3.69. The molecule has 2 N–H and O–H groups in total. The van der Waals surface area contributed by atoms with Gasteiger partial charge in [0.25, 0.3) is 0 Å². The van der Waals surface area contributed by atoms with Crippen molar-refractivity contribution < 1.29 is 9.53 Å². The number of hydrogen-bond acceptors (Lipinski definition) is 2. The van der Waals surface area contributed by atoms with E-state index in [0.717, 1.165) is 20.6 Å². The highest BCUT2D eigenvalue weighted by molar-refractivity contribution is 14.1. The number of hydrogen-bond donors (Lipinski definition) is 2. The van der Waals surface area contributed by atoms with Crippen LogP contribution in [0.1, 0.15) is 5.56 Å². The van der Waals surface area contributed by atoms with Crippen molar-refractivity contribution in [2.45, 2.75) is 6.54 Å². The van der Waals surface area contributed by atoms with Crippen molar-refractivity contribution in [3.05, 3.63) is 57.7 Å². The quantitative estimate of drug-likeness (QED) is 0.794. The molecule has 2 aromatic rings. The van der Waals surface area contributed by atoms with Gasteiger partial charge in [0.05, 0.1) is 12.8 Å². The number of nitrogens with one attached hydrogen (secondary N) is 2. The van der Waals surface area contributed by atoms with Crippen LogP contribution < -0.4 is 15.4 Å². The Morgan fingerprint density at radius 1 is 1.15 bits per heavy atom. The first-order valence-electron chi connectivity index (χ1n) is 6.12. The fourth-order valence-corrected chi connectivity index (χ4v) is 2.28. The van der Waals surface area contributed by atoms with Crippen LogP contribution in [-0.4, -0.2) is 13.1 Å². The Labute approximate surface area is 131 Å². The zero-order chi connectivity index (χ0) is 14.4. The molecule has 0 saturated carbocycles. The van der Waals surface area contributed by atoms with Gasteiger partial charge >= 0.3 is 6.03 Å². The molecule has 0 aliphatic carbocycles. The highest BCUT2D eigenvalue weighted by Gasteiger charge is 2.06. The molecule has 0 aromatic heterocycles. The average molecular weight is 382 g/mol. The number of amides is 2. The van der Waals surface area contributed by atoms with Crippen LogP contribution in [0.3, 0.4) is 0 Å². The third kappa shape index (κ3) is 3.86. The Hall–Kier alpha value is -1.76. The summed E-state index contributed by atoms with van der Waals surface area (Å²) in [5, 5.41) is 5.64. The lowest BCUT2D eigenvalue weighted by Gasteiger charge is -2.11. The minimum absolute atomic E-state index is 0.236. The second-order valence-corrected chi connectivity index (χ2v) is 5.26. The van der Waals surface area contributed by atoms with E-state index in [0.29, 0.717) is 6.54 Å². The fourth-order valence-electron chi connectivity index (χ4n) is 1.75. The molecule has 0 atom stereocenters. The smallest absolute Gasteiger partial charge is 0.319 e. The molecule has 0 unspecified atom stereocenters.